The van der Waals surface area contributed by atoms with Crippen molar-refractivity contribution in [3.8, 4) is 0 Å². The number of nitro benzene ring substituents is 1. The Balaban J connectivity index is 1.69. The van der Waals surface area contributed by atoms with E-state index in [1.165, 1.54) is 18.9 Å². The lowest BCUT2D eigenvalue weighted by Gasteiger charge is -2.33. The predicted molar refractivity (Wildman–Crippen MR) is 131 cm³/mol. The summed E-state index contributed by atoms with van der Waals surface area (Å²) < 4.78 is 2.12. The Bertz CT molecular complexity index is 1380. The van der Waals surface area contributed by atoms with E-state index in [0.29, 0.717) is 23.7 Å². The molecule has 168 valence electrons. The highest BCUT2D eigenvalue weighted by Crippen LogP contribution is 2.33. The molecule has 1 fully saturated rings. The van der Waals surface area contributed by atoms with Crippen LogP contribution in [0.25, 0.3) is 21.7 Å². The molecule has 1 aromatic heterocycles. The Morgan fingerprint density at radius 3 is 2.64 bits per heavy atom. The molecule has 1 aliphatic rings. The molecule has 6 nitrogen and oxygen atoms in total. The topological polar surface area (TPSA) is 68.4 Å². The highest BCUT2D eigenvalue weighted by Gasteiger charge is 2.27. The highest BCUT2D eigenvalue weighted by molar-refractivity contribution is 6.22. The van der Waals surface area contributed by atoms with Crippen LogP contribution in [0.2, 0.25) is 0 Å². The summed E-state index contributed by atoms with van der Waals surface area (Å²) in [6.45, 7) is 3.72. The second kappa shape index (κ2) is 8.45. The van der Waals surface area contributed by atoms with Crippen molar-refractivity contribution in [2.24, 2.45) is 0 Å². The van der Waals surface area contributed by atoms with E-state index >= 15 is 0 Å². The molecule has 0 saturated carbocycles. The maximum absolute atomic E-state index is 13.9. The minimum atomic E-state index is -0.370. The minimum Gasteiger partial charge on any atom is -0.342 e. The summed E-state index contributed by atoms with van der Waals surface area (Å²) in [4.78, 5) is 27.4. The molecule has 3 aromatic carbocycles. The standard InChI is InChI=1S/C27H27N3O3/c1-18-26(27(31)23-12-7-9-19-8-3-4-11-22(19)23)24-14-13-20(30(32)33)16-25(24)29(18)17-21-10-5-6-15-28(21)2/h3-4,7-9,11-14,16,21H,5-6,10,15,17H2,1-2H3. The molecular formula is C27H27N3O3. The van der Waals surface area contributed by atoms with Crippen LogP contribution in [0.3, 0.4) is 0 Å². The first-order valence-electron chi connectivity index (χ1n) is 11.5. The van der Waals surface area contributed by atoms with Crippen molar-refractivity contribution in [2.45, 2.75) is 38.8 Å². The van der Waals surface area contributed by atoms with Crippen LogP contribution in [0, 0.1) is 17.0 Å². The number of fused-ring (bicyclic) bond motifs is 2. The van der Waals surface area contributed by atoms with E-state index in [1.54, 1.807) is 12.1 Å². The van der Waals surface area contributed by atoms with Crippen LogP contribution >= 0.6 is 0 Å². The number of ketones is 1. The van der Waals surface area contributed by atoms with Gasteiger partial charge in [-0.2, -0.15) is 0 Å². The SMILES string of the molecule is Cc1c(C(=O)c2cccc3ccccc23)c2ccc([N+](=O)[O-])cc2n1CC1CCCCN1C. The summed E-state index contributed by atoms with van der Waals surface area (Å²) in [6, 6.07) is 18.9. The Hall–Kier alpha value is -3.51. The van der Waals surface area contributed by atoms with Crippen LogP contribution in [0.5, 0.6) is 0 Å². The van der Waals surface area contributed by atoms with Crippen LogP contribution in [-0.4, -0.2) is 39.8 Å². The number of hydrogen-bond donors (Lipinski definition) is 0. The molecule has 0 aliphatic carbocycles. The number of rotatable bonds is 5. The monoisotopic (exact) mass is 441 g/mol. The molecule has 0 bridgehead atoms. The molecule has 5 rings (SSSR count). The van der Waals surface area contributed by atoms with Crippen LogP contribution in [0.4, 0.5) is 5.69 Å². The fourth-order valence-electron chi connectivity index (χ4n) is 5.24. The summed E-state index contributed by atoms with van der Waals surface area (Å²) in [5.41, 5.74) is 2.95. The first kappa shape index (κ1) is 21.3. The van der Waals surface area contributed by atoms with Gasteiger partial charge in [-0.15, -0.1) is 0 Å². The third kappa shape index (κ3) is 3.70. The summed E-state index contributed by atoms with van der Waals surface area (Å²) >= 11 is 0. The lowest BCUT2D eigenvalue weighted by atomic mass is 9.95. The molecular weight excluding hydrogens is 414 g/mol. The zero-order valence-electron chi connectivity index (χ0n) is 19.0. The van der Waals surface area contributed by atoms with Crippen LogP contribution in [0.1, 0.15) is 40.9 Å². The van der Waals surface area contributed by atoms with Crippen molar-refractivity contribution in [1.82, 2.24) is 9.47 Å². The van der Waals surface area contributed by atoms with Crippen LogP contribution in [0.15, 0.2) is 60.7 Å². The molecule has 4 aromatic rings. The average Bonchev–Trinajstić information content (AvgIpc) is 3.10. The van der Waals surface area contributed by atoms with E-state index in [-0.39, 0.29) is 16.4 Å². The highest BCUT2D eigenvalue weighted by atomic mass is 16.6. The molecule has 0 spiro atoms. The first-order valence-corrected chi connectivity index (χ1v) is 11.5. The second-order valence-corrected chi connectivity index (χ2v) is 9.02. The fourth-order valence-corrected chi connectivity index (χ4v) is 5.24. The van der Waals surface area contributed by atoms with Crippen molar-refractivity contribution in [2.75, 3.05) is 13.6 Å². The van der Waals surface area contributed by atoms with E-state index in [9.17, 15) is 14.9 Å². The maximum Gasteiger partial charge on any atom is 0.271 e. The quantitative estimate of drug-likeness (QED) is 0.225. The van der Waals surface area contributed by atoms with Crippen molar-refractivity contribution in [1.29, 1.82) is 0 Å². The average molecular weight is 442 g/mol. The molecule has 0 radical (unpaired) electrons. The number of carbonyl (C=O) groups excluding carboxylic acids is 1. The number of non-ortho nitro benzene ring substituents is 1. The van der Waals surface area contributed by atoms with E-state index in [0.717, 1.165) is 40.3 Å². The summed E-state index contributed by atoms with van der Waals surface area (Å²) in [5.74, 6) is -0.0427. The third-order valence-corrected chi connectivity index (χ3v) is 7.10. The largest absolute Gasteiger partial charge is 0.342 e. The molecule has 0 N–H and O–H groups in total. The van der Waals surface area contributed by atoms with Gasteiger partial charge < -0.3 is 9.47 Å². The van der Waals surface area contributed by atoms with Gasteiger partial charge in [-0.25, -0.2) is 0 Å². The summed E-state index contributed by atoms with van der Waals surface area (Å²) in [6.07, 6.45) is 3.45. The van der Waals surface area contributed by atoms with Gasteiger partial charge in [0.15, 0.2) is 5.78 Å². The smallest absolute Gasteiger partial charge is 0.271 e. The number of nitro groups is 1. The molecule has 1 saturated heterocycles. The number of carbonyl (C=O) groups is 1. The summed E-state index contributed by atoms with van der Waals surface area (Å²) in [7, 11) is 2.13. The lowest BCUT2D eigenvalue weighted by Crippen LogP contribution is -2.39. The zero-order chi connectivity index (χ0) is 23.1. The third-order valence-electron chi connectivity index (χ3n) is 7.10. The minimum absolute atomic E-state index is 0.0427. The number of piperidine rings is 1. The van der Waals surface area contributed by atoms with Gasteiger partial charge in [-0.05, 0) is 50.2 Å². The normalized spacial score (nSPS) is 17.0. The number of hydrogen-bond acceptors (Lipinski definition) is 4. The van der Waals surface area contributed by atoms with Crippen molar-refractivity contribution in [3.63, 3.8) is 0 Å². The number of aromatic nitrogens is 1. The summed E-state index contributed by atoms with van der Waals surface area (Å²) in [5, 5.41) is 14.2. The fraction of sp³-hybridized carbons (Fsp3) is 0.296. The zero-order valence-corrected chi connectivity index (χ0v) is 19.0. The number of nitrogens with zero attached hydrogens (tertiary/aromatic N) is 3. The van der Waals surface area contributed by atoms with E-state index in [1.807, 2.05) is 49.4 Å². The van der Waals surface area contributed by atoms with Gasteiger partial charge in [0.25, 0.3) is 5.69 Å². The Morgan fingerprint density at radius 2 is 1.85 bits per heavy atom. The maximum atomic E-state index is 13.9. The number of likely N-dealkylation sites (tertiary alicyclic amines) is 1. The van der Waals surface area contributed by atoms with Gasteiger partial charge in [-0.1, -0.05) is 48.9 Å². The van der Waals surface area contributed by atoms with E-state index < -0.39 is 0 Å². The van der Waals surface area contributed by atoms with Gasteiger partial charge in [0, 0.05) is 41.4 Å². The molecule has 33 heavy (non-hydrogen) atoms. The van der Waals surface area contributed by atoms with E-state index in [2.05, 4.69) is 16.5 Å². The van der Waals surface area contributed by atoms with Gasteiger partial charge in [0.2, 0.25) is 0 Å². The van der Waals surface area contributed by atoms with Crippen LogP contribution < -0.4 is 0 Å². The Labute approximate surface area is 192 Å². The van der Waals surface area contributed by atoms with Crippen LogP contribution in [-0.2, 0) is 6.54 Å². The lowest BCUT2D eigenvalue weighted by molar-refractivity contribution is -0.384. The molecule has 1 unspecified atom stereocenters. The second-order valence-electron chi connectivity index (χ2n) is 9.02. The van der Waals surface area contributed by atoms with Crippen molar-refractivity contribution < 1.29 is 9.72 Å². The van der Waals surface area contributed by atoms with Gasteiger partial charge >= 0.3 is 0 Å². The van der Waals surface area contributed by atoms with E-state index in [4.69, 9.17) is 0 Å². The van der Waals surface area contributed by atoms with Gasteiger partial charge in [0.1, 0.15) is 0 Å². The molecule has 1 aliphatic heterocycles. The Morgan fingerprint density at radius 1 is 1.06 bits per heavy atom. The molecule has 6 heteroatoms. The van der Waals surface area contributed by atoms with Crippen molar-refractivity contribution in [3.05, 3.63) is 87.6 Å². The number of likely N-dealkylation sites (N-methyl/N-ethyl adjacent to an activating group) is 1. The van der Waals surface area contributed by atoms with Crippen molar-refractivity contribution >= 4 is 33.1 Å². The molecule has 2 heterocycles. The Kier molecular flexibility index (Phi) is 5.46. The van der Waals surface area contributed by atoms with Gasteiger partial charge in [-0.3, -0.25) is 14.9 Å². The molecule has 1 atom stereocenters. The first-order chi connectivity index (χ1) is 16.0. The van der Waals surface area contributed by atoms with Gasteiger partial charge in [0.05, 0.1) is 16.0 Å². The number of benzene rings is 3. The predicted octanol–water partition coefficient (Wildman–Crippen LogP) is 5.73. The molecule has 0 amide bonds.